The lowest BCUT2D eigenvalue weighted by molar-refractivity contribution is -0.652. The van der Waals surface area contributed by atoms with E-state index >= 15 is 0 Å². The number of nitrogens with zero attached hydrogens (tertiary/aromatic N) is 2. The molecule has 154 valence electrons. The molecule has 0 fully saturated rings. The Labute approximate surface area is 181 Å². The summed E-state index contributed by atoms with van der Waals surface area (Å²) in [5.74, 6) is -0.642. The first-order valence-corrected chi connectivity index (χ1v) is 11.1. The Hall–Kier alpha value is -2.84. The number of hydrogen-bond donors (Lipinski definition) is 0. The lowest BCUT2D eigenvalue weighted by Gasteiger charge is -1.96. The summed E-state index contributed by atoms with van der Waals surface area (Å²) in [5.41, 5.74) is 3.34. The van der Waals surface area contributed by atoms with Crippen LogP contribution in [0.4, 0.5) is 0 Å². The van der Waals surface area contributed by atoms with Crippen LogP contribution in [0.15, 0.2) is 36.4 Å². The number of carbonyl (C=O) groups is 2. The number of esters is 2. The van der Waals surface area contributed by atoms with Crippen LogP contribution in [-0.2, 0) is 36.4 Å². The van der Waals surface area contributed by atoms with Gasteiger partial charge in [0.2, 0.25) is 21.0 Å². The first kappa shape index (κ1) is 20.4. The minimum absolute atomic E-state index is 0.321. The Morgan fingerprint density at radius 2 is 1.17 bits per heavy atom. The molecule has 8 heteroatoms. The molecule has 6 nitrogen and oxygen atoms in total. The van der Waals surface area contributed by atoms with E-state index in [9.17, 15) is 9.59 Å². The third-order valence-electron chi connectivity index (χ3n) is 5.24. The Bertz CT molecular complexity index is 1190. The number of methoxy groups -OCH3 is 2. The van der Waals surface area contributed by atoms with Gasteiger partial charge in [-0.25, -0.2) is 9.59 Å². The number of aryl methyl sites for hydroxylation is 4. The highest BCUT2D eigenvalue weighted by Gasteiger charge is 2.23. The number of ether oxygens (including phenoxy) is 2. The summed E-state index contributed by atoms with van der Waals surface area (Å²) in [7, 11) is 6.90. The molecule has 0 amide bonds. The van der Waals surface area contributed by atoms with Crippen molar-refractivity contribution in [1.29, 1.82) is 0 Å². The maximum atomic E-state index is 11.8. The zero-order chi connectivity index (χ0) is 21.4. The smallest absolute Gasteiger partial charge is 0.337 e. The largest absolute Gasteiger partial charge is 0.465 e. The fourth-order valence-electron chi connectivity index (χ4n) is 3.55. The van der Waals surface area contributed by atoms with Crippen molar-refractivity contribution in [3.63, 3.8) is 0 Å². The van der Waals surface area contributed by atoms with Gasteiger partial charge in [-0.15, -0.1) is 0 Å². The van der Waals surface area contributed by atoms with Crippen LogP contribution in [0.5, 0.6) is 0 Å². The molecule has 0 saturated carbocycles. The summed E-state index contributed by atoms with van der Waals surface area (Å²) >= 11 is 3.39. The first-order valence-electron chi connectivity index (χ1n) is 9.42. The van der Waals surface area contributed by atoms with Gasteiger partial charge in [0, 0.05) is 12.1 Å². The van der Waals surface area contributed by atoms with Crippen molar-refractivity contribution in [2.24, 2.45) is 14.1 Å². The molecule has 0 N–H and O–H groups in total. The SMILES string of the molecule is COC(=O)c1ccc2c(c1)sc(CCc1sc3cc(C(=O)OC)ccc3[n+]1C)[n+]2C. The normalized spacial score (nSPS) is 11.2. The van der Waals surface area contributed by atoms with Crippen LogP contribution in [0.2, 0.25) is 0 Å². The minimum atomic E-state index is -0.321. The van der Waals surface area contributed by atoms with Crippen LogP contribution >= 0.6 is 22.7 Å². The Morgan fingerprint density at radius 1 is 0.767 bits per heavy atom. The number of carbonyl (C=O) groups excluding carboxylic acids is 2. The molecule has 0 aliphatic rings. The van der Waals surface area contributed by atoms with Crippen LogP contribution in [0, 0.1) is 0 Å². The van der Waals surface area contributed by atoms with Crippen molar-refractivity contribution < 1.29 is 28.2 Å². The van der Waals surface area contributed by atoms with E-state index in [2.05, 4.69) is 23.2 Å². The van der Waals surface area contributed by atoms with E-state index in [1.165, 1.54) is 24.2 Å². The second-order valence-corrected chi connectivity index (χ2v) is 9.19. The minimum Gasteiger partial charge on any atom is -0.465 e. The lowest BCUT2D eigenvalue weighted by Crippen LogP contribution is -2.33. The fourth-order valence-corrected chi connectivity index (χ4v) is 5.92. The molecule has 0 atom stereocenters. The second-order valence-electron chi connectivity index (χ2n) is 6.96. The average molecular weight is 443 g/mol. The number of rotatable bonds is 5. The van der Waals surface area contributed by atoms with Gasteiger partial charge in [0.1, 0.15) is 23.5 Å². The number of aromatic nitrogens is 2. The van der Waals surface area contributed by atoms with Gasteiger partial charge < -0.3 is 9.47 Å². The molecule has 4 rings (SSSR count). The third kappa shape index (κ3) is 3.57. The molecule has 0 spiro atoms. The van der Waals surface area contributed by atoms with Gasteiger partial charge in [-0.05, 0) is 24.3 Å². The molecule has 30 heavy (non-hydrogen) atoms. The topological polar surface area (TPSA) is 60.4 Å². The van der Waals surface area contributed by atoms with Gasteiger partial charge in [0.15, 0.2) is 0 Å². The zero-order valence-corrected chi connectivity index (χ0v) is 18.9. The highest BCUT2D eigenvalue weighted by Crippen LogP contribution is 2.26. The molecule has 4 aromatic rings. The van der Waals surface area contributed by atoms with Crippen molar-refractivity contribution in [1.82, 2.24) is 0 Å². The van der Waals surface area contributed by atoms with Gasteiger partial charge in [-0.2, -0.15) is 9.13 Å². The molecule has 2 aromatic carbocycles. The van der Waals surface area contributed by atoms with E-state index in [4.69, 9.17) is 9.47 Å². The van der Waals surface area contributed by atoms with Crippen molar-refractivity contribution in [2.45, 2.75) is 12.8 Å². The highest BCUT2D eigenvalue weighted by molar-refractivity contribution is 7.18. The molecule has 0 aliphatic heterocycles. The van der Waals surface area contributed by atoms with Gasteiger partial charge in [-0.1, -0.05) is 22.7 Å². The number of fused-ring (bicyclic) bond motifs is 2. The number of thiazole rings is 2. The van der Waals surface area contributed by atoms with E-state index in [-0.39, 0.29) is 11.9 Å². The van der Waals surface area contributed by atoms with Gasteiger partial charge in [-0.3, -0.25) is 0 Å². The van der Waals surface area contributed by atoms with Crippen LogP contribution in [0.1, 0.15) is 30.7 Å². The molecular formula is C22H22N2O4S2+2. The van der Waals surface area contributed by atoms with Crippen molar-refractivity contribution in [2.75, 3.05) is 14.2 Å². The van der Waals surface area contributed by atoms with Gasteiger partial charge in [0.25, 0.3) is 0 Å². The number of hydrogen-bond acceptors (Lipinski definition) is 6. The van der Waals surface area contributed by atoms with Crippen LogP contribution < -0.4 is 9.13 Å². The highest BCUT2D eigenvalue weighted by atomic mass is 32.1. The first-order chi connectivity index (χ1) is 14.4. The van der Waals surface area contributed by atoms with Gasteiger partial charge in [0.05, 0.1) is 38.2 Å². The summed E-state index contributed by atoms with van der Waals surface area (Å²) in [6.45, 7) is 0. The van der Waals surface area contributed by atoms with Crippen molar-refractivity contribution in [3.8, 4) is 0 Å². The second kappa shape index (κ2) is 8.12. The lowest BCUT2D eigenvalue weighted by atomic mass is 10.2. The molecule has 0 aliphatic carbocycles. The van der Waals surface area contributed by atoms with E-state index in [0.717, 1.165) is 33.3 Å². The predicted molar refractivity (Wildman–Crippen MR) is 116 cm³/mol. The summed E-state index contributed by atoms with van der Waals surface area (Å²) in [6, 6.07) is 11.3. The molecular weight excluding hydrogens is 420 g/mol. The summed E-state index contributed by atoms with van der Waals surface area (Å²) in [5, 5.41) is 2.47. The van der Waals surface area contributed by atoms with E-state index in [0.29, 0.717) is 11.1 Å². The number of benzene rings is 2. The summed E-state index contributed by atoms with van der Waals surface area (Å²) < 4.78 is 16.2. The molecule has 0 saturated heterocycles. The van der Waals surface area contributed by atoms with Crippen molar-refractivity contribution in [3.05, 3.63) is 57.5 Å². The van der Waals surface area contributed by atoms with E-state index in [1.54, 1.807) is 34.8 Å². The zero-order valence-electron chi connectivity index (χ0n) is 17.2. The Kier molecular flexibility index (Phi) is 5.53. The molecule has 2 heterocycles. The summed E-state index contributed by atoms with van der Waals surface area (Å²) in [6.07, 6.45) is 1.77. The van der Waals surface area contributed by atoms with Crippen molar-refractivity contribution >= 4 is 55.0 Å². The molecule has 2 aromatic heterocycles. The third-order valence-corrected chi connectivity index (χ3v) is 7.76. The van der Waals surface area contributed by atoms with E-state index < -0.39 is 0 Å². The van der Waals surface area contributed by atoms with Crippen LogP contribution in [0.3, 0.4) is 0 Å². The Morgan fingerprint density at radius 3 is 1.53 bits per heavy atom. The predicted octanol–water partition coefficient (Wildman–Crippen LogP) is 3.12. The average Bonchev–Trinajstić information content (AvgIpc) is 3.26. The standard InChI is InChI=1S/C22H22N2O4S2/c1-23-15-7-5-13(21(25)27-3)11-17(15)29-19(23)9-10-20-24(2)16-8-6-14(22(26)28-4)12-18(16)30-20/h5-8,11-12H,9-10H2,1-4H3/q+2. The fraction of sp³-hybridized carbons (Fsp3) is 0.273. The maximum absolute atomic E-state index is 11.8. The molecule has 0 unspecified atom stereocenters. The van der Waals surface area contributed by atoms with Gasteiger partial charge >= 0.3 is 11.9 Å². The van der Waals surface area contributed by atoms with E-state index in [1.807, 2.05) is 24.3 Å². The quantitative estimate of drug-likeness (QED) is 0.352. The monoisotopic (exact) mass is 442 g/mol. The summed E-state index contributed by atoms with van der Waals surface area (Å²) in [4.78, 5) is 23.6. The maximum Gasteiger partial charge on any atom is 0.337 e. The molecule has 0 radical (unpaired) electrons. The molecule has 0 bridgehead atoms. The van der Waals surface area contributed by atoms with Crippen LogP contribution in [-0.4, -0.2) is 26.2 Å². The van der Waals surface area contributed by atoms with Crippen LogP contribution in [0.25, 0.3) is 20.4 Å². The Balaban J connectivity index is 1.61.